The number of amides is 1. The highest BCUT2D eigenvalue weighted by molar-refractivity contribution is 5.85. The van der Waals surface area contributed by atoms with Crippen molar-refractivity contribution < 1.29 is 4.79 Å². The summed E-state index contributed by atoms with van der Waals surface area (Å²) < 4.78 is 0. The number of carbonyl (C=O) groups excluding carboxylic acids is 1. The van der Waals surface area contributed by atoms with Crippen molar-refractivity contribution in [2.45, 2.75) is 25.4 Å². The van der Waals surface area contributed by atoms with E-state index >= 15 is 0 Å². The number of nitrogens with zero attached hydrogens (tertiary/aromatic N) is 2. The fourth-order valence-corrected chi connectivity index (χ4v) is 2.95. The molecule has 2 N–H and O–H groups in total. The van der Waals surface area contributed by atoms with Gasteiger partial charge in [-0.3, -0.25) is 9.78 Å². The topological polar surface area (TPSA) is 59.2 Å². The molecule has 2 aromatic rings. The lowest BCUT2D eigenvalue weighted by Crippen LogP contribution is -2.33. The first-order valence-electron chi connectivity index (χ1n) is 6.61. The van der Waals surface area contributed by atoms with Crippen LogP contribution in [0.15, 0.2) is 36.5 Å². The standard InChI is InChI=1S/C15H17N3O/c1-2-18-13(19)9-12(16)15(18)11-7-3-5-10-6-4-8-17-14(10)11/h3-8,12,15H,2,9,16H2,1H3. The highest BCUT2D eigenvalue weighted by Crippen LogP contribution is 2.34. The van der Waals surface area contributed by atoms with Crippen molar-refractivity contribution in [3.8, 4) is 0 Å². The van der Waals surface area contributed by atoms with Gasteiger partial charge in [0.2, 0.25) is 5.91 Å². The molecule has 0 spiro atoms. The lowest BCUT2D eigenvalue weighted by atomic mass is 9.98. The van der Waals surface area contributed by atoms with Crippen LogP contribution in [-0.4, -0.2) is 28.4 Å². The van der Waals surface area contributed by atoms with Gasteiger partial charge < -0.3 is 10.6 Å². The molecule has 19 heavy (non-hydrogen) atoms. The molecule has 98 valence electrons. The molecular weight excluding hydrogens is 238 g/mol. The van der Waals surface area contributed by atoms with Gasteiger partial charge in [-0.25, -0.2) is 0 Å². The van der Waals surface area contributed by atoms with Crippen LogP contribution in [0.25, 0.3) is 10.9 Å². The van der Waals surface area contributed by atoms with E-state index < -0.39 is 0 Å². The molecule has 4 heteroatoms. The van der Waals surface area contributed by atoms with E-state index in [0.717, 1.165) is 16.5 Å². The van der Waals surface area contributed by atoms with Gasteiger partial charge in [-0.05, 0) is 13.0 Å². The van der Waals surface area contributed by atoms with Gasteiger partial charge >= 0.3 is 0 Å². The third kappa shape index (κ3) is 1.88. The lowest BCUT2D eigenvalue weighted by Gasteiger charge is -2.26. The molecule has 0 radical (unpaired) electrons. The number of hydrogen-bond acceptors (Lipinski definition) is 3. The second-order valence-corrected chi connectivity index (χ2v) is 4.91. The molecule has 1 fully saturated rings. The molecule has 3 rings (SSSR count). The van der Waals surface area contributed by atoms with E-state index in [1.165, 1.54) is 0 Å². The van der Waals surface area contributed by atoms with E-state index in [2.05, 4.69) is 4.98 Å². The zero-order chi connectivity index (χ0) is 13.4. The average molecular weight is 255 g/mol. The summed E-state index contributed by atoms with van der Waals surface area (Å²) in [5, 5.41) is 1.09. The number of likely N-dealkylation sites (N-methyl/N-ethyl adjacent to an activating group) is 1. The molecule has 4 nitrogen and oxygen atoms in total. The highest BCUT2D eigenvalue weighted by Gasteiger charge is 2.38. The number of para-hydroxylation sites is 1. The first kappa shape index (κ1) is 12.1. The van der Waals surface area contributed by atoms with E-state index in [4.69, 9.17) is 5.73 Å². The Bertz CT molecular complexity index is 620. The van der Waals surface area contributed by atoms with Gasteiger partial charge in [0.25, 0.3) is 0 Å². The Morgan fingerprint density at radius 2 is 2.16 bits per heavy atom. The fourth-order valence-electron chi connectivity index (χ4n) is 2.95. The summed E-state index contributed by atoms with van der Waals surface area (Å²) in [5.41, 5.74) is 8.17. The summed E-state index contributed by atoms with van der Waals surface area (Å²) in [4.78, 5) is 18.3. The van der Waals surface area contributed by atoms with Crippen LogP contribution in [0.4, 0.5) is 0 Å². The molecule has 1 saturated heterocycles. The van der Waals surface area contributed by atoms with Crippen molar-refractivity contribution in [3.05, 3.63) is 42.1 Å². The van der Waals surface area contributed by atoms with E-state index in [-0.39, 0.29) is 18.0 Å². The van der Waals surface area contributed by atoms with Crippen molar-refractivity contribution in [3.63, 3.8) is 0 Å². The van der Waals surface area contributed by atoms with Crippen molar-refractivity contribution in [1.29, 1.82) is 0 Å². The second kappa shape index (κ2) is 4.63. The highest BCUT2D eigenvalue weighted by atomic mass is 16.2. The average Bonchev–Trinajstić information content (AvgIpc) is 2.72. The number of carbonyl (C=O) groups is 1. The fraction of sp³-hybridized carbons (Fsp3) is 0.333. The lowest BCUT2D eigenvalue weighted by molar-refractivity contribution is -0.128. The minimum absolute atomic E-state index is 0.0592. The Morgan fingerprint density at radius 3 is 2.95 bits per heavy atom. The first-order chi connectivity index (χ1) is 9.22. The van der Waals surface area contributed by atoms with Gasteiger partial charge in [-0.15, -0.1) is 0 Å². The van der Waals surface area contributed by atoms with Crippen LogP contribution in [0, 0.1) is 0 Å². The predicted molar refractivity (Wildman–Crippen MR) is 74.5 cm³/mol. The zero-order valence-corrected chi connectivity index (χ0v) is 10.9. The summed E-state index contributed by atoms with van der Waals surface area (Å²) in [5.74, 6) is 0.132. The minimum atomic E-state index is -0.153. The SMILES string of the molecule is CCN1C(=O)CC(N)C1c1cccc2cccnc12. The van der Waals surface area contributed by atoms with E-state index in [0.29, 0.717) is 13.0 Å². The summed E-state index contributed by atoms with van der Waals surface area (Å²) in [7, 11) is 0. The number of fused-ring (bicyclic) bond motifs is 1. The normalized spacial score (nSPS) is 23.3. The minimum Gasteiger partial charge on any atom is -0.334 e. The van der Waals surface area contributed by atoms with Gasteiger partial charge in [0.15, 0.2) is 0 Å². The Balaban J connectivity index is 2.16. The van der Waals surface area contributed by atoms with Crippen LogP contribution in [0.2, 0.25) is 0 Å². The van der Waals surface area contributed by atoms with E-state index in [1.807, 2.05) is 42.2 Å². The number of benzene rings is 1. The quantitative estimate of drug-likeness (QED) is 0.891. The van der Waals surface area contributed by atoms with E-state index in [1.54, 1.807) is 6.20 Å². The number of likely N-dealkylation sites (tertiary alicyclic amines) is 1. The van der Waals surface area contributed by atoms with Crippen LogP contribution in [0.3, 0.4) is 0 Å². The summed E-state index contributed by atoms with van der Waals surface area (Å²) >= 11 is 0. The number of pyridine rings is 1. The Morgan fingerprint density at radius 1 is 1.37 bits per heavy atom. The van der Waals surface area contributed by atoms with Crippen LogP contribution in [0.5, 0.6) is 0 Å². The molecule has 2 atom stereocenters. The smallest absolute Gasteiger partial charge is 0.224 e. The summed E-state index contributed by atoms with van der Waals surface area (Å²) in [6.07, 6.45) is 2.20. The summed E-state index contributed by atoms with van der Waals surface area (Å²) in [6.45, 7) is 2.67. The molecule has 2 unspecified atom stereocenters. The number of hydrogen-bond donors (Lipinski definition) is 1. The molecule has 0 saturated carbocycles. The first-order valence-corrected chi connectivity index (χ1v) is 6.61. The maximum Gasteiger partial charge on any atom is 0.224 e. The largest absolute Gasteiger partial charge is 0.334 e. The number of nitrogens with two attached hydrogens (primary N) is 1. The van der Waals surface area contributed by atoms with Crippen molar-refractivity contribution in [2.75, 3.05) is 6.54 Å². The van der Waals surface area contributed by atoms with Gasteiger partial charge in [0.05, 0.1) is 11.6 Å². The van der Waals surface area contributed by atoms with Crippen LogP contribution in [0.1, 0.15) is 24.9 Å². The van der Waals surface area contributed by atoms with Gasteiger partial charge in [-0.2, -0.15) is 0 Å². The Hall–Kier alpha value is -1.94. The van der Waals surface area contributed by atoms with Crippen LogP contribution in [-0.2, 0) is 4.79 Å². The maximum absolute atomic E-state index is 12.0. The molecule has 1 aliphatic rings. The summed E-state index contributed by atoms with van der Waals surface area (Å²) in [6, 6.07) is 9.80. The zero-order valence-electron chi connectivity index (χ0n) is 10.9. The molecule has 1 aliphatic heterocycles. The second-order valence-electron chi connectivity index (χ2n) is 4.91. The van der Waals surface area contributed by atoms with Gasteiger partial charge in [0, 0.05) is 36.2 Å². The molecular formula is C15H17N3O. The van der Waals surface area contributed by atoms with Crippen molar-refractivity contribution >= 4 is 16.8 Å². The van der Waals surface area contributed by atoms with Crippen molar-refractivity contribution in [2.24, 2.45) is 5.73 Å². The third-order valence-corrected chi connectivity index (χ3v) is 3.80. The van der Waals surface area contributed by atoms with Crippen molar-refractivity contribution in [1.82, 2.24) is 9.88 Å². The molecule has 1 aromatic carbocycles. The number of rotatable bonds is 2. The molecule has 0 bridgehead atoms. The predicted octanol–water partition coefficient (Wildman–Crippen LogP) is 1.86. The van der Waals surface area contributed by atoms with Gasteiger partial charge in [0.1, 0.15) is 0 Å². The third-order valence-electron chi connectivity index (χ3n) is 3.80. The molecule has 1 aromatic heterocycles. The Kier molecular flexibility index (Phi) is 2.95. The van der Waals surface area contributed by atoms with Gasteiger partial charge in [-0.1, -0.05) is 24.3 Å². The monoisotopic (exact) mass is 255 g/mol. The molecule has 2 heterocycles. The molecule has 1 amide bonds. The Labute approximate surface area is 112 Å². The van der Waals surface area contributed by atoms with Crippen LogP contribution < -0.4 is 5.73 Å². The van der Waals surface area contributed by atoms with Crippen LogP contribution >= 0.6 is 0 Å². The maximum atomic E-state index is 12.0. The molecule has 0 aliphatic carbocycles. The number of aromatic nitrogens is 1. The van der Waals surface area contributed by atoms with E-state index in [9.17, 15) is 4.79 Å².